The van der Waals surface area contributed by atoms with E-state index in [1.165, 1.54) is 12.8 Å². The molecule has 0 amide bonds. The van der Waals surface area contributed by atoms with Crippen molar-refractivity contribution in [1.29, 1.82) is 0 Å². The highest BCUT2D eigenvalue weighted by molar-refractivity contribution is 5.01. The Morgan fingerprint density at radius 2 is 2.22 bits per heavy atom. The summed E-state index contributed by atoms with van der Waals surface area (Å²) in [5.74, 6) is 6.38. The van der Waals surface area contributed by atoms with Gasteiger partial charge in [0.2, 0.25) is 0 Å². The van der Waals surface area contributed by atoms with Gasteiger partial charge in [-0.2, -0.15) is 0 Å². The van der Waals surface area contributed by atoms with Crippen LogP contribution in [-0.2, 0) is 0 Å². The van der Waals surface area contributed by atoms with Crippen molar-refractivity contribution in [3.8, 4) is 11.8 Å². The van der Waals surface area contributed by atoms with Crippen LogP contribution < -0.4 is 0 Å². The van der Waals surface area contributed by atoms with Gasteiger partial charge in [0.05, 0.1) is 0 Å². The highest BCUT2D eigenvalue weighted by Gasteiger charge is 1.95. The SMILES string of the molecule is [CH2]C#CCC(C)CCC. The van der Waals surface area contributed by atoms with E-state index in [2.05, 4.69) is 32.6 Å². The predicted molar refractivity (Wildman–Crippen MR) is 41.8 cm³/mol. The van der Waals surface area contributed by atoms with Crippen molar-refractivity contribution in [3.05, 3.63) is 6.92 Å². The molecule has 0 aromatic carbocycles. The summed E-state index contributed by atoms with van der Waals surface area (Å²) in [6.45, 7) is 7.89. The maximum absolute atomic E-state index is 3.46. The second-order valence-electron chi connectivity index (χ2n) is 2.45. The minimum atomic E-state index is 0.754. The van der Waals surface area contributed by atoms with Gasteiger partial charge >= 0.3 is 0 Å². The normalized spacial score (nSPS) is 11.9. The van der Waals surface area contributed by atoms with Crippen LogP contribution >= 0.6 is 0 Å². The number of rotatable bonds is 3. The molecule has 0 bridgehead atoms. The van der Waals surface area contributed by atoms with Gasteiger partial charge in [0.15, 0.2) is 0 Å². The number of hydrogen-bond donors (Lipinski definition) is 0. The third kappa shape index (κ3) is 5.43. The van der Waals surface area contributed by atoms with Gasteiger partial charge in [0.1, 0.15) is 0 Å². The van der Waals surface area contributed by atoms with Crippen molar-refractivity contribution >= 4 is 0 Å². The summed E-state index contributed by atoms with van der Waals surface area (Å²) in [5, 5.41) is 0. The van der Waals surface area contributed by atoms with Gasteiger partial charge in [-0.3, -0.25) is 0 Å². The summed E-state index contributed by atoms with van der Waals surface area (Å²) in [4.78, 5) is 0. The molecule has 0 heterocycles. The van der Waals surface area contributed by atoms with E-state index in [4.69, 9.17) is 0 Å². The Labute approximate surface area is 58.7 Å². The zero-order valence-corrected chi connectivity index (χ0v) is 6.41. The Morgan fingerprint density at radius 3 is 2.67 bits per heavy atom. The quantitative estimate of drug-likeness (QED) is 0.506. The maximum atomic E-state index is 3.46. The first-order valence-corrected chi connectivity index (χ1v) is 3.56. The van der Waals surface area contributed by atoms with Gasteiger partial charge in [-0.15, -0.1) is 11.8 Å². The molecule has 1 radical (unpaired) electrons. The van der Waals surface area contributed by atoms with E-state index in [0.717, 1.165) is 12.3 Å². The molecule has 9 heavy (non-hydrogen) atoms. The van der Waals surface area contributed by atoms with Crippen molar-refractivity contribution in [3.63, 3.8) is 0 Å². The molecule has 0 aromatic heterocycles. The summed E-state index contributed by atoms with van der Waals surface area (Å²) in [7, 11) is 0. The molecule has 0 aromatic rings. The standard InChI is InChI=1S/C9H15/c1-4-6-8-9(3)7-5-2/h9H,1,5,7-8H2,2-3H3. The van der Waals surface area contributed by atoms with Gasteiger partial charge in [-0.1, -0.05) is 26.7 Å². The third-order valence-corrected chi connectivity index (χ3v) is 1.36. The van der Waals surface area contributed by atoms with Crippen molar-refractivity contribution in [1.82, 2.24) is 0 Å². The number of hydrogen-bond acceptors (Lipinski definition) is 0. The van der Waals surface area contributed by atoms with E-state index in [1.54, 1.807) is 0 Å². The minimum Gasteiger partial charge on any atom is -0.103 e. The Bertz CT molecular complexity index is 103. The second-order valence-corrected chi connectivity index (χ2v) is 2.45. The van der Waals surface area contributed by atoms with E-state index in [9.17, 15) is 0 Å². The Balaban J connectivity index is 3.22. The molecule has 51 valence electrons. The van der Waals surface area contributed by atoms with Crippen LogP contribution in [0.5, 0.6) is 0 Å². The summed E-state index contributed by atoms with van der Waals surface area (Å²) in [6.07, 6.45) is 3.56. The largest absolute Gasteiger partial charge is 0.103 e. The Morgan fingerprint density at radius 1 is 1.56 bits per heavy atom. The first-order valence-electron chi connectivity index (χ1n) is 3.56. The molecule has 0 saturated heterocycles. The fourth-order valence-corrected chi connectivity index (χ4v) is 0.841. The molecule has 0 fully saturated rings. The molecule has 0 aliphatic heterocycles. The predicted octanol–water partition coefficient (Wildman–Crippen LogP) is 2.65. The maximum Gasteiger partial charge on any atom is 0.0198 e. The highest BCUT2D eigenvalue weighted by Crippen LogP contribution is 2.07. The second kappa shape index (κ2) is 5.69. The van der Waals surface area contributed by atoms with Crippen molar-refractivity contribution in [2.24, 2.45) is 5.92 Å². The van der Waals surface area contributed by atoms with Crippen LogP contribution in [0.25, 0.3) is 0 Å². The van der Waals surface area contributed by atoms with Crippen LogP contribution in [0.4, 0.5) is 0 Å². The molecular weight excluding hydrogens is 108 g/mol. The minimum absolute atomic E-state index is 0.754. The molecule has 0 aliphatic rings. The molecule has 0 N–H and O–H groups in total. The molecule has 0 heteroatoms. The first kappa shape index (κ1) is 8.56. The molecule has 0 aliphatic carbocycles. The van der Waals surface area contributed by atoms with Crippen LogP contribution in [0.3, 0.4) is 0 Å². The molecule has 0 spiro atoms. The Hall–Kier alpha value is -0.440. The molecule has 1 atom stereocenters. The van der Waals surface area contributed by atoms with Gasteiger partial charge < -0.3 is 0 Å². The zero-order chi connectivity index (χ0) is 7.11. The topological polar surface area (TPSA) is 0 Å². The lowest BCUT2D eigenvalue weighted by Crippen LogP contribution is -1.90. The van der Waals surface area contributed by atoms with Crippen LogP contribution in [0.15, 0.2) is 0 Å². The highest BCUT2D eigenvalue weighted by atomic mass is 14.0. The molecule has 0 nitrogen and oxygen atoms in total. The monoisotopic (exact) mass is 123 g/mol. The van der Waals surface area contributed by atoms with Gasteiger partial charge in [0.25, 0.3) is 0 Å². The van der Waals surface area contributed by atoms with Crippen LogP contribution in [0, 0.1) is 24.7 Å². The summed E-state index contributed by atoms with van der Waals surface area (Å²) >= 11 is 0. The lowest BCUT2D eigenvalue weighted by atomic mass is 10.0. The lowest BCUT2D eigenvalue weighted by Gasteiger charge is -2.02. The summed E-state index contributed by atoms with van der Waals surface area (Å²) in [5.41, 5.74) is 0. The smallest absolute Gasteiger partial charge is 0.0198 e. The van der Waals surface area contributed by atoms with E-state index in [0.29, 0.717) is 0 Å². The van der Waals surface area contributed by atoms with Crippen LogP contribution in [-0.4, -0.2) is 0 Å². The molecule has 0 rings (SSSR count). The van der Waals surface area contributed by atoms with E-state index >= 15 is 0 Å². The van der Waals surface area contributed by atoms with Crippen LogP contribution in [0.2, 0.25) is 0 Å². The third-order valence-electron chi connectivity index (χ3n) is 1.36. The van der Waals surface area contributed by atoms with Gasteiger partial charge in [0, 0.05) is 13.3 Å². The average molecular weight is 123 g/mol. The van der Waals surface area contributed by atoms with E-state index < -0.39 is 0 Å². The zero-order valence-electron chi connectivity index (χ0n) is 6.41. The van der Waals surface area contributed by atoms with Crippen molar-refractivity contribution in [2.75, 3.05) is 0 Å². The first-order chi connectivity index (χ1) is 4.31. The van der Waals surface area contributed by atoms with Crippen molar-refractivity contribution in [2.45, 2.75) is 33.1 Å². The van der Waals surface area contributed by atoms with Crippen molar-refractivity contribution < 1.29 is 0 Å². The average Bonchev–Trinajstić information content (AvgIpc) is 1.85. The van der Waals surface area contributed by atoms with E-state index in [-0.39, 0.29) is 0 Å². The molecular formula is C9H15. The summed E-state index contributed by atoms with van der Waals surface area (Å²) < 4.78 is 0. The van der Waals surface area contributed by atoms with Gasteiger partial charge in [-0.05, 0) is 5.92 Å². The van der Waals surface area contributed by atoms with Crippen LogP contribution in [0.1, 0.15) is 33.1 Å². The lowest BCUT2D eigenvalue weighted by molar-refractivity contribution is 0.539. The van der Waals surface area contributed by atoms with E-state index in [1.807, 2.05) is 0 Å². The molecule has 1 unspecified atom stereocenters. The Kier molecular flexibility index (Phi) is 5.41. The fraction of sp³-hybridized carbons (Fsp3) is 0.667. The van der Waals surface area contributed by atoms with Gasteiger partial charge in [-0.25, -0.2) is 0 Å². The summed E-state index contributed by atoms with van der Waals surface area (Å²) in [6, 6.07) is 0. The molecule has 0 saturated carbocycles. The fourth-order valence-electron chi connectivity index (χ4n) is 0.841.